The molecule has 0 amide bonds. The Balaban J connectivity index is 2.21. The normalized spacial score (nSPS) is 21.4. The van der Waals surface area contributed by atoms with Gasteiger partial charge in [0.2, 0.25) is 0 Å². The summed E-state index contributed by atoms with van der Waals surface area (Å²) in [5.41, 5.74) is 3.34. The first-order valence-corrected chi connectivity index (χ1v) is 7.11. The Morgan fingerprint density at radius 2 is 1.90 bits per heavy atom. The zero-order valence-electron chi connectivity index (χ0n) is 12.0. The molecular formula is C18H20O2. The van der Waals surface area contributed by atoms with Crippen molar-refractivity contribution in [1.29, 1.82) is 0 Å². The SMILES string of the molecule is COc1ccc(C)cc1C1(O)CCCc2ccccc21. The van der Waals surface area contributed by atoms with E-state index in [0.29, 0.717) is 0 Å². The minimum Gasteiger partial charge on any atom is -0.496 e. The molecule has 2 aromatic carbocycles. The van der Waals surface area contributed by atoms with Crippen molar-refractivity contribution >= 4 is 0 Å². The molecule has 1 aliphatic carbocycles. The Labute approximate surface area is 120 Å². The van der Waals surface area contributed by atoms with Gasteiger partial charge in [-0.1, -0.05) is 35.9 Å². The summed E-state index contributed by atoms with van der Waals surface area (Å²) in [5, 5.41) is 11.4. The van der Waals surface area contributed by atoms with E-state index in [2.05, 4.69) is 6.07 Å². The van der Waals surface area contributed by atoms with Gasteiger partial charge in [-0.2, -0.15) is 0 Å². The van der Waals surface area contributed by atoms with Gasteiger partial charge in [-0.25, -0.2) is 0 Å². The first-order valence-electron chi connectivity index (χ1n) is 7.11. The van der Waals surface area contributed by atoms with Crippen molar-refractivity contribution in [2.45, 2.75) is 31.8 Å². The van der Waals surface area contributed by atoms with Gasteiger partial charge in [0.1, 0.15) is 11.4 Å². The molecule has 0 heterocycles. The van der Waals surface area contributed by atoms with E-state index < -0.39 is 5.60 Å². The molecule has 0 bridgehead atoms. The van der Waals surface area contributed by atoms with Crippen molar-refractivity contribution in [1.82, 2.24) is 0 Å². The maximum absolute atomic E-state index is 11.4. The molecule has 2 nitrogen and oxygen atoms in total. The predicted molar refractivity (Wildman–Crippen MR) is 80.1 cm³/mol. The van der Waals surface area contributed by atoms with Crippen LogP contribution in [0.1, 0.15) is 35.1 Å². The molecule has 2 aromatic rings. The van der Waals surface area contributed by atoms with Crippen LogP contribution in [0.3, 0.4) is 0 Å². The predicted octanol–water partition coefficient (Wildman–Crippen LogP) is 3.58. The highest BCUT2D eigenvalue weighted by molar-refractivity contribution is 5.49. The van der Waals surface area contributed by atoms with Gasteiger partial charge < -0.3 is 9.84 Å². The lowest BCUT2D eigenvalue weighted by molar-refractivity contribution is 0.0589. The van der Waals surface area contributed by atoms with Crippen LogP contribution in [0.15, 0.2) is 42.5 Å². The maximum Gasteiger partial charge on any atom is 0.125 e. The lowest BCUT2D eigenvalue weighted by atomic mass is 9.74. The van der Waals surface area contributed by atoms with Crippen LogP contribution in [0, 0.1) is 6.92 Å². The summed E-state index contributed by atoms with van der Waals surface area (Å²) in [6.07, 6.45) is 2.76. The molecule has 0 saturated heterocycles. The highest BCUT2D eigenvalue weighted by atomic mass is 16.5. The van der Waals surface area contributed by atoms with Gasteiger partial charge in [0, 0.05) is 5.56 Å². The van der Waals surface area contributed by atoms with Gasteiger partial charge in [0.05, 0.1) is 7.11 Å². The van der Waals surface area contributed by atoms with Crippen molar-refractivity contribution in [3.05, 3.63) is 64.7 Å². The molecule has 0 aromatic heterocycles. The third kappa shape index (κ3) is 2.01. The lowest BCUT2D eigenvalue weighted by Gasteiger charge is -2.36. The molecule has 0 aliphatic heterocycles. The van der Waals surface area contributed by atoms with E-state index >= 15 is 0 Å². The second kappa shape index (κ2) is 4.95. The van der Waals surface area contributed by atoms with E-state index in [9.17, 15) is 5.11 Å². The van der Waals surface area contributed by atoms with Crippen LogP contribution in [0.2, 0.25) is 0 Å². The molecule has 1 atom stereocenters. The summed E-state index contributed by atoms with van der Waals surface area (Å²) in [6, 6.07) is 14.2. The Bertz CT molecular complexity index is 633. The molecule has 0 spiro atoms. The topological polar surface area (TPSA) is 29.5 Å². The third-order valence-corrected chi connectivity index (χ3v) is 4.25. The minimum atomic E-state index is -0.938. The van der Waals surface area contributed by atoms with Crippen LogP contribution < -0.4 is 4.74 Å². The van der Waals surface area contributed by atoms with E-state index in [1.54, 1.807) is 7.11 Å². The van der Waals surface area contributed by atoms with E-state index in [4.69, 9.17) is 4.74 Å². The zero-order chi connectivity index (χ0) is 14.2. The molecule has 0 fully saturated rings. The number of ether oxygens (including phenoxy) is 1. The fraction of sp³-hybridized carbons (Fsp3) is 0.333. The minimum absolute atomic E-state index is 0.740. The Morgan fingerprint density at radius 1 is 1.10 bits per heavy atom. The highest BCUT2D eigenvalue weighted by Crippen LogP contribution is 2.44. The van der Waals surface area contributed by atoms with Crippen LogP contribution in [0.4, 0.5) is 0 Å². The third-order valence-electron chi connectivity index (χ3n) is 4.25. The van der Waals surface area contributed by atoms with Crippen LogP contribution in [0.5, 0.6) is 5.75 Å². The Kier molecular flexibility index (Phi) is 3.27. The molecule has 0 radical (unpaired) electrons. The monoisotopic (exact) mass is 268 g/mol. The number of aliphatic hydroxyl groups is 1. The largest absolute Gasteiger partial charge is 0.496 e. The fourth-order valence-corrected chi connectivity index (χ4v) is 3.24. The number of hydrogen-bond donors (Lipinski definition) is 1. The number of rotatable bonds is 2. The Hall–Kier alpha value is -1.80. The van der Waals surface area contributed by atoms with Gasteiger partial charge in [-0.3, -0.25) is 0 Å². The molecule has 2 heteroatoms. The maximum atomic E-state index is 11.4. The van der Waals surface area contributed by atoms with E-state index in [-0.39, 0.29) is 0 Å². The van der Waals surface area contributed by atoms with Crippen molar-refractivity contribution in [3.8, 4) is 5.75 Å². The number of fused-ring (bicyclic) bond motifs is 1. The van der Waals surface area contributed by atoms with Gasteiger partial charge in [-0.05, 0) is 49.4 Å². The quantitative estimate of drug-likeness (QED) is 0.902. The lowest BCUT2D eigenvalue weighted by Crippen LogP contribution is -2.32. The first kappa shape index (κ1) is 13.2. The number of aryl methyl sites for hydroxylation is 2. The summed E-state index contributed by atoms with van der Waals surface area (Å²) in [4.78, 5) is 0. The molecule has 1 N–H and O–H groups in total. The molecule has 1 aliphatic rings. The zero-order valence-corrected chi connectivity index (χ0v) is 12.0. The van der Waals surface area contributed by atoms with E-state index in [1.165, 1.54) is 5.56 Å². The highest BCUT2D eigenvalue weighted by Gasteiger charge is 2.38. The molecule has 0 saturated carbocycles. The van der Waals surface area contributed by atoms with Gasteiger partial charge in [0.15, 0.2) is 0 Å². The number of hydrogen-bond acceptors (Lipinski definition) is 2. The molecule has 104 valence electrons. The van der Waals surface area contributed by atoms with Gasteiger partial charge in [-0.15, -0.1) is 0 Å². The summed E-state index contributed by atoms with van der Waals surface area (Å²) in [6.45, 7) is 2.04. The first-order chi connectivity index (χ1) is 9.65. The Morgan fingerprint density at radius 3 is 2.70 bits per heavy atom. The molecule has 1 unspecified atom stereocenters. The summed E-state index contributed by atoms with van der Waals surface area (Å²) in [7, 11) is 1.66. The average molecular weight is 268 g/mol. The van der Waals surface area contributed by atoms with Crippen LogP contribution in [-0.4, -0.2) is 12.2 Å². The van der Waals surface area contributed by atoms with Crippen molar-refractivity contribution < 1.29 is 9.84 Å². The van der Waals surface area contributed by atoms with Crippen LogP contribution in [0.25, 0.3) is 0 Å². The smallest absolute Gasteiger partial charge is 0.125 e. The summed E-state index contributed by atoms with van der Waals surface area (Å²) >= 11 is 0. The summed E-state index contributed by atoms with van der Waals surface area (Å²) in [5.74, 6) is 0.759. The molecular weight excluding hydrogens is 248 g/mol. The van der Waals surface area contributed by atoms with Crippen molar-refractivity contribution in [2.75, 3.05) is 7.11 Å². The van der Waals surface area contributed by atoms with Crippen molar-refractivity contribution in [2.24, 2.45) is 0 Å². The number of benzene rings is 2. The van der Waals surface area contributed by atoms with Crippen molar-refractivity contribution in [3.63, 3.8) is 0 Å². The molecule has 20 heavy (non-hydrogen) atoms. The standard InChI is InChI=1S/C18H20O2/c1-13-9-10-17(20-2)16(12-13)18(19)11-5-7-14-6-3-4-8-15(14)18/h3-4,6,8-10,12,19H,5,7,11H2,1-2H3. The second-order valence-corrected chi connectivity index (χ2v) is 5.57. The second-order valence-electron chi connectivity index (χ2n) is 5.57. The van der Waals surface area contributed by atoms with Gasteiger partial charge in [0.25, 0.3) is 0 Å². The van der Waals surface area contributed by atoms with E-state index in [0.717, 1.165) is 41.7 Å². The number of methoxy groups -OCH3 is 1. The van der Waals surface area contributed by atoms with E-state index in [1.807, 2.05) is 43.3 Å². The van der Waals surface area contributed by atoms with Crippen LogP contribution in [-0.2, 0) is 12.0 Å². The fourth-order valence-electron chi connectivity index (χ4n) is 3.24. The average Bonchev–Trinajstić information content (AvgIpc) is 2.48. The van der Waals surface area contributed by atoms with Crippen LogP contribution >= 0.6 is 0 Å². The summed E-state index contributed by atoms with van der Waals surface area (Å²) < 4.78 is 5.47. The molecule has 3 rings (SSSR count). The van der Waals surface area contributed by atoms with Gasteiger partial charge >= 0.3 is 0 Å².